The van der Waals surface area contributed by atoms with E-state index in [0.717, 1.165) is 22.3 Å². The van der Waals surface area contributed by atoms with Crippen molar-refractivity contribution in [3.8, 4) is 33.8 Å². The SMILES string of the molecule is CN(C)c1cc(-c2cc3c(cc2-c2ccc(S(N)(=O)=O)cc2)OCO3)ccc1F. The average Bonchev–Trinajstić information content (AvgIpc) is 3.14. The van der Waals surface area contributed by atoms with E-state index in [0.29, 0.717) is 17.2 Å². The first-order valence-electron chi connectivity index (χ1n) is 8.78. The van der Waals surface area contributed by atoms with E-state index < -0.39 is 10.0 Å². The number of fused-ring (bicyclic) bond motifs is 1. The Morgan fingerprint density at radius 3 is 2.00 bits per heavy atom. The van der Waals surface area contributed by atoms with Crippen LogP contribution in [0, 0.1) is 5.82 Å². The topological polar surface area (TPSA) is 81.9 Å². The van der Waals surface area contributed by atoms with Gasteiger partial charge in [0.05, 0.1) is 10.6 Å². The molecule has 0 radical (unpaired) electrons. The molecule has 2 N–H and O–H groups in total. The molecule has 0 saturated carbocycles. The van der Waals surface area contributed by atoms with Crippen LogP contribution in [0.2, 0.25) is 0 Å². The molecule has 0 fully saturated rings. The molecule has 150 valence electrons. The maximum absolute atomic E-state index is 14.2. The summed E-state index contributed by atoms with van der Waals surface area (Å²) in [6.45, 7) is 0.120. The fourth-order valence-electron chi connectivity index (χ4n) is 3.27. The number of benzene rings is 3. The van der Waals surface area contributed by atoms with Crippen molar-refractivity contribution in [2.45, 2.75) is 4.90 Å². The van der Waals surface area contributed by atoms with Gasteiger partial charge >= 0.3 is 0 Å². The third kappa shape index (κ3) is 3.64. The second-order valence-corrected chi connectivity index (χ2v) is 8.44. The molecule has 0 aliphatic carbocycles. The van der Waals surface area contributed by atoms with Crippen LogP contribution in [-0.4, -0.2) is 29.3 Å². The van der Waals surface area contributed by atoms with Crippen LogP contribution in [0.25, 0.3) is 22.3 Å². The van der Waals surface area contributed by atoms with Gasteiger partial charge in [-0.15, -0.1) is 0 Å². The number of halogens is 1. The molecule has 1 aliphatic heterocycles. The van der Waals surface area contributed by atoms with Crippen molar-refractivity contribution in [2.24, 2.45) is 5.14 Å². The summed E-state index contributed by atoms with van der Waals surface area (Å²) in [6.07, 6.45) is 0. The van der Waals surface area contributed by atoms with E-state index in [9.17, 15) is 12.8 Å². The largest absolute Gasteiger partial charge is 0.454 e. The summed E-state index contributed by atoms with van der Waals surface area (Å²) in [5.74, 6) is 0.869. The van der Waals surface area contributed by atoms with E-state index in [1.807, 2.05) is 12.1 Å². The van der Waals surface area contributed by atoms with Crippen molar-refractivity contribution < 1.29 is 22.3 Å². The summed E-state index contributed by atoms with van der Waals surface area (Å²) < 4.78 is 48.3. The molecule has 0 saturated heterocycles. The van der Waals surface area contributed by atoms with Gasteiger partial charge in [0.1, 0.15) is 5.82 Å². The van der Waals surface area contributed by atoms with Gasteiger partial charge in [0.15, 0.2) is 11.5 Å². The lowest BCUT2D eigenvalue weighted by atomic mass is 9.93. The summed E-state index contributed by atoms with van der Waals surface area (Å²) in [7, 11) is -0.240. The fourth-order valence-corrected chi connectivity index (χ4v) is 3.78. The highest BCUT2D eigenvalue weighted by Crippen LogP contribution is 2.43. The zero-order valence-corrected chi connectivity index (χ0v) is 16.7. The summed E-state index contributed by atoms with van der Waals surface area (Å²) in [5, 5.41) is 5.19. The molecule has 1 heterocycles. The minimum atomic E-state index is -3.79. The third-order valence-electron chi connectivity index (χ3n) is 4.75. The Bertz CT molecular complexity index is 1190. The number of ether oxygens (including phenoxy) is 2. The average molecular weight is 414 g/mol. The predicted octanol–water partition coefficient (Wildman–Crippen LogP) is 3.60. The number of anilines is 1. The third-order valence-corrected chi connectivity index (χ3v) is 5.67. The molecule has 0 unspecified atom stereocenters. The van der Waals surface area contributed by atoms with Gasteiger partial charge in [-0.3, -0.25) is 0 Å². The van der Waals surface area contributed by atoms with E-state index in [-0.39, 0.29) is 17.5 Å². The van der Waals surface area contributed by atoms with Crippen molar-refractivity contribution in [3.05, 3.63) is 60.4 Å². The number of nitrogens with zero attached hydrogens (tertiary/aromatic N) is 1. The number of hydrogen-bond donors (Lipinski definition) is 1. The highest BCUT2D eigenvalue weighted by molar-refractivity contribution is 7.89. The monoisotopic (exact) mass is 414 g/mol. The summed E-state index contributed by atoms with van der Waals surface area (Å²) >= 11 is 0. The van der Waals surface area contributed by atoms with Gasteiger partial charge in [0.2, 0.25) is 16.8 Å². The van der Waals surface area contributed by atoms with E-state index >= 15 is 0 Å². The van der Waals surface area contributed by atoms with Gasteiger partial charge in [-0.2, -0.15) is 0 Å². The number of rotatable bonds is 4. The van der Waals surface area contributed by atoms with Gasteiger partial charge in [0, 0.05) is 14.1 Å². The van der Waals surface area contributed by atoms with E-state index in [1.165, 1.54) is 18.2 Å². The Balaban J connectivity index is 1.90. The van der Waals surface area contributed by atoms with Crippen LogP contribution in [0.4, 0.5) is 10.1 Å². The lowest BCUT2D eigenvalue weighted by Gasteiger charge is -2.17. The Labute approximate surface area is 168 Å². The van der Waals surface area contributed by atoms with E-state index in [1.54, 1.807) is 43.3 Å². The fraction of sp³-hybridized carbons (Fsp3) is 0.143. The Morgan fingerprint density at radius 1 is 0.897 bits per heavy atom. The Kier molecular flexibility index (Phi) is 4.68. The number of sulfonamides is 1. The molecule has 3 aromatic carbocycles. The van der Waals surface area contributed by atoms with Crippen LogP contribution in [-0.2, 0) is 10.0 Å². The normalized spacial score (nSPS) is 12.8. The molecule has 6 nitrogen and oxygen atoms in total. The van der Waals surface area contributed by atoms with Crippen LogP contribution in [0.3, 0.4) is 0 Å². The van der Waals surface area contributed by atoms with Crippen molar-refractivity contribution in [1.82, 2.24) is 0 Å². The standard InChI is InChI=1S/C21H19FN2O4S/c1-24(2)19-9-14(5-8-18(19)22)17-11-21-20(27-12-28-21)10-16(17)13-3-6-15(7-4-13)29(23,25)26/h3-11H,12H2,1-2H3,(H2,23,25,26). The zero-order chi connectivity index (χ0) is 20.8. The number of nitrogens with two attached hydrogens (primary N) is 1. The molecule has 1 aliphatic rings. The van der Waals surface area contributed by atoms with Crippen LogP contribution in [0.15, 0.2) is 59.5 Å². The Morgan fingerprint density at radius 2 is 1.45 bits per heavy atom. The van der Waals surface area contributed by atoms with Crippen LogP contribution in [0.5, 0.6) is 11.5 Å². The molecule has 0 amide bonds. The molecule has 29 heavy (non-hydrogen) atoms. The zero-order valence-electron chi connectivity index (χ0n) is 15.8. The quantitative estimate of drug-likeness (QED) is 0.705. The maximum Gasteiger partial charge on any atom is 0.238 e. The molecular weight excluding hydrogens is 395 g/mol. The minimum Gasteiger partial charge on any atom is -0.454 e. The van der Waals surface area contributed by atoms with Gasteiger partial charge in [-0.1, -0.05) is 18.2 Å². The van der Waals surface area contributed by atoms with Crippen molar-refractivity contribution in [1.29, 1.82) is 0 Å². The first-order chi connectivity index (χ1) is 13.7. The smallest absolute Gasteiger partial charge is 0.238 e. The second-order valence-electron chi connectivity index (χ2n) is 6.88. The molecule has 0 atom stereocenters. The van der Waals surface area contributed by atoms with Gasteiger partial charge in [0.25, 0.3) is 0 Å². The molecule has 0 aromatic heterocycles. The molecule has 4 rings (SSSR count). The molecule has 3 aromatic rings. The molecule has 0 bridgehead atoms. The van der Waals surface area contributed by atoms with Crippen molar-refractivity contribution in [2.75, 3.05) is 25.8 Å². The minimum absolute atomic E-state index is 0.0280. The van der Waals surface area contributed by atoms with E-state index in [4.69, 9.17) is 14.6 Å². The second kappa shape index (κ2) is 7.06. The highest BCUT2D eigenvalue weighted by Gasteiger charge is 2.20. The maximum atomic E-state index is 14.2. The summed E-state index contributed by atoms with van der Waals surface area (Å²) in [5.41, 5.74) is 3.61. The summed E-state index contributed by atoms with van der Waals surface area (Å²) in [6, 6.07) is 14.8. The number of hydrogen-bond acceptors (Lipinski definition) is 5. The summed E-state index contributed by atoms with van der Waals surface area (Å²) in [4.78, 5) is 1.73. The van der Waals surface area contributed by atoms with Gasteiger partial charge < -0.3 is 14.4 Å². The van der Waals surface area contributed by atoms with E-state index in [2.05, 4.69) is 0 Å². The highest BCUT2D eigenvalue weighted by atomic mass is 32.2. The Hall–Kier alpha value is -3.10. The van der Waals surface area contributed by atoms with Crippen LogP contribution in [0.1, 0.15) is 0 Å². The molecular formula is C21H19FN2O4S. The molecule has 8 heteroatoms. The van der Waals surface area contributed by atoms with Crippen molar-refractivity contribution in [3.63, 3.8) is 0 Å². The van der Waals surface area contributed by atoms with Crippen molar-refractivity contribution >= 4 is 15.7 Å². The first kappa shape index (κ1) is 19.2. The molecule has 0 spiro atoms. The lowest BCUT2D eigenvalue weighted by Crippen LogP contribution is -2.11. The number of primary sulfonamides is 1. The predicted molar refractivity (Wildman–Crippen MR) is 109 cm³/mol. The first-order valence-corrected chi connectivity index (χ1v) is 10.3. The van der Waals surface area contributed by atoms with Crippen LogP contribution >= 0.6 is 0 Å². The van der Waals surface area contributed by atoms with Crippen LogP contribution < -0.4 is 19.5 Å². The van der Waals surface area contributed by atoms with Gasteiger partial charge in [-0.25, -0.2) is 17.9 Å². The van der Waals surface area contributed by atoms with Gasteiger partial charge in [-0.05, 0) is 58.7 Å². The lowest BCUT2D eigenvalue weighted by molar-refractivity contribution is 0.174.